The van der Waals surface area contributed by atoms with Crippen molar-refractivity contribution in [3.63, 3.8) is 0 Å². The standard InChI is InChI=1S/C19H25N/c1-15-8-10-17(11-9-15)14-19(20-3)13-12-18-7-5-4-6-16(18)2/h4-11,19-20H,12-14H2,1-3H3. The molecule has 2 aromatic rings. The lowest BCUT2D eigenvalue weighted by Gasteiger charge is -2.17. The molecule has 0 heterocycles. The molecule has 20 heavy (non-hydrogen) atoms. The first-order chi connectivity index (χ1) is 9.69. The van der Waals surface area contributed by atoms with E-state index in [-0.39, 0.29) is 0 Å². The lowest BCUT2D eigenvalue weighted by molar-refractivity contribution is 0.519. The normalized spacial score (nSPS) is 12.3. The van der Waals surface area contributed by atoms with Crippen molar-refractivity contribution >= 4 is 0 Å². The molecule has 0 aliphatic heterocycles. The Labute approximate surface area is 123 Å². The Morgan fingerprint density at radius 2 is 1.65 bits per heavy atom. The van der Waals surface area contributed by atoms with Crippen LogP contribution in [-0.4, -0.2) is 13.1 Å². The van der Waals surface area contributed by atoms with Crippen molar-refractivity contribution < 1.29 is 0 Å². The van der Waals surface area contributed by atoms with Gasteiger partial charge in [0.2, 0.25) is 0 Å². The quantitative estimate of drug-likeness (QED) is 0.832. The Hall–Kier alpha value is -1.60. The van der Waals surface area contributed by atoms with E-state index in [4.69, 9.17) is 0 Å². The number of hydrogen-bond acceptors (Lipinski definition) is 1. The Bertz CT molecular complexity index is 528. The van der Waals surface area contributed by atoms with Crippen molar-refractivity contribution in [2.75, 3.05) is 7.05 Å². The highest BCUT2D eigenvalue weighted by Gasteiger charge is 2.08. The van der Waals surface area contributed by atoms with Gasteiger partial charge in [-0.05, 0) is 56.8 Å². The number of hydrogen-bond donors (Lipinski definition) is 1. The summed E-state index contributed by atoms with van der Waals surface area (Å²) in [5.41, 5.74) is 5.61. The highest BCUT2D eigenvalue weighted by Crippen LogP contribution is 2.13. The van der Waals surface area contributed by atoms with Crippen LogP contribution in [-0.2, 0) is 12.8 Å². The van der Waals surface area contributed by atoms with Crippen LogP contribution < -0.4 is 5.32 Å². The van der Waals surface area contributed by atoms with Crippen LogP contribution in [0.15, 0.2) is 48.5 Å². The van der Waals surface area contributed by atoms with Gasteiger partial charge in [-0.2, -0.15) is 0 Å². The van der Waals surface area contributed by atoms with Crippen LogP contribution in [0.5, 0.6) is 0 Å². The molecule has 0 aliphatic carbocycles. The zero-order valence-corrected chi connectivity index (χ0v) is 12.8. The molecule has 0 bridgehead atoms. The van der Waals surface area contributed by atoms with Gasteiger partial charge in [0, 0.05) is 6.04 Å². The predicted octanol–water partition coefficient (Wildman–Crippen LogP) is 4.07. The second kappa shape index (κ2) is 7.25. The van der Waals surface area contributed by atoms with Gasteiger partial charge in [0.25, 0.3) is 0 Å². The highest BCUT2D eigenvalue weighted by atomic mass is 14.9. The third kappa shape index (κ3) is 4.21. The topological polar surface area (TPSA) is 12.0 Å². The lowest BCUT2D eigenvalue weighted by Crippen LogP contribution is -2.28. The van der Waals surface area contributed by atoms with Crippen LogP contribution in [0, 0.1) is 13.8 Å². The summed E-state index contributed by atoms with van der Waals surface area (Å²) in [6, 6.07) is 18.1. The van der Waals surface area contributed by atoms with Crippen LogP contribution in [0.3, 0.4) is 0 Å². The summed E-state index contributed by atoms with van der Waals surface area (Å²) in [7, 11) is 2.07. The van der Waals surface area contributed by atoms with E-state index in [2.05, 4.69) is 74.7 Å². The fourth-order valence-corrected chi connectivity index (χ4v) is 2.58. The molecule has 0 amide bonds. The van der Waals surface area contributed by atoms with Gasteiger partial charge in [-0.15, -0.1) is 0 Å². The maximum Gasteiger partial charge on any atom is 0.0108 e. The molecule has 0 saturated heterocycles. The van der Waals surface area contributed by atoms with Gasteiger partial charge in [-0.3, -0.25) is 0 Å². The molecule has 1 heteroatoms. The van der Waals surface area contributed by atoms with Gasteiger partial charge in [-0.1, -0.05) is 54.1 Å². The zero-order valence-electron chi connectivity index (χ0n) is 12.8. The maximum absolute atomic E-state index is 3.45. The highest BCUT2D eigenvalue weighted by molar-refractivity contribution is 5.26. The van der Waals surface area contributed by atoms with Crippen molar-refractivity contribution in [2.45, 2.75) is 39.2 Å². The Morgan fingerprint density at radius 1 is 0.950 bits per heavy atom. The first kappa shape index (κ1) is 14.8. The van der Waals surface area contributed by atoms with E-state index in [1.165, 1.54) is 28.7 Å². The minimum atomic E-state index is 0.539. The Balaban J connectivity index is 1.92. The summed E-state index contributed by atoms with van der Waals surface area (Å²) < 4.78 is 0. The molecule has 1 N–H and O–H groups in total. The molecule has 0 saturated carbocycles. The zero-order chi connectivity index (χ0) is 14.4. The van der Waals surface area contributed by atoms with Gasteiger partial charge in [0.15, 0.2) is 0 Å². The van der Waals surface area contributed by atoms with E-state index in [9.17, 15) is 0 Å². The van der Waals surface area contributed by atoms with Crippen LogP contribution in [0.1, 0.15) is 28.7 Å². The van der Waals surface area contributed by atoms with Gasteiger partial charge in [-0.25, -0.2) is 0 Å². The predicted molar refractivity (Wildman–Crippen MR) is 87.2 cm³/mol. The van der Waals surface area contributed by atoms with E-state index in [1.807, 2.05) is 0 Å². The van der Waals surface area contributed by atoms with E-state index in [0.717, 1.165) is 12.8 Å². The first-order valence-electron chi connectivity index (χ1n) is 7.46. The van der Waals surface area contributed by atoms with Crippen molar-refractivity contribution in [1.82, 2.24) is 5.32 Å². The monoisotopic (exact) mass is 267 g/mol. The van der Waals surface area contributed by atoms with E-state index in [0.29, 0.717) is 6.04 Å². The summed E-state index contributed by atoms with van der Waals surface area (Å²) in [6.45, 7) is 4.33. The largest absolute Gasteiger partial charge is 0.317 e. The molecule has 0 aromatic heterocycles. The SMILES string of the molecule is CNC(CCc1ccccc1C)Cc1ccc(C)cc1. The van der Waals surface area contributed by atoms with Gasteiger partial charge in [0.1, 0.15) is 0 Å². The number of benzene rings is 2. The summed E-state index contributed by atoms with van der Waals surface area (Å²) in [6.07, 6.45) is 3.42. The third-order valence-electron chi connectivity index (χ3n) is 4.03. The van der Waals surface area contributed by atoms with Crippen LogP contribution in [0.4, 0.5) is 0 Å². The smallest absolute Gasteiger partial charge is 0.0108 e. The fraction of sp³-hybridized carbons (Fsp3) is 0.368. The van der Waals surface area contributed by atoms with Gasteiger partial charge >= 0.3 is 0 Å². The van der Waals surface area contributed by atoms with Crippen molar-refractivity contribution in [3.05, 3.63) is 70.8 Å². The Morgan fingerprint density at radius 3 is 2.30 bits per heavy atom. The first-order valence-corrected chi connectivity index (χ1v) is 7.46. The van der Waals surface area contributed by atoms with Crippen molar-refractivity contribution in [1.29, 1.82) is 0 Å². The van der Waals surface area contributed by atoms with E-state index >= 15 is 0 Å². The average molecular weight is 267 g/mol. The van der Waals surface area contributed by atoms with Crippen LogP contribution in [0.25, 0.3) is 0 Å². The molecule has 2 aromatic carbocycles. The molecule has 0 fully saturated rings. The molecule has 0 radical (unpaired) electrons. The average Bonchev–Trinajstić information content (AvgIpc) is 2.47. The van der Waals surface area contributed by atoms with Gasteiger partial charge < -0.3 is 5.32 Å². The Kier molecular flexibility index (Phi) is 5.37. The minimum absolute atomic E-state index is 0.539. The van der Waals surface area contributed by atoms with Crippen molar-refractivity contribution in [2.24, 2.45) is 0 Å². The summed E-state index contributed by atoms with van der Waals surface area (Å²) >= 11 is 0. The van der Waals surface area contributed by atoms with Gasteiger partial charge in [0.05, 0.1) is 0 Å². The minimum Gasteiger partial charge on any atom is -0.317 e. The van der Waals surface area contributed by atoms with Crippen LogP contribution >= 0.6 is 0 Å². The molecular formula is C19H25N. The molecule has 2 rings (SSSR count). The number of likely N-dealkylation sites (N-methyl/N-ethyl adjacent to an activating group) is 1. The summed E-state index contributed by atoms with van der Waals surface area (Å²) in [5.74, 6) is 0. The maximum atomic E-state index is 3.45. The number of nitrogens with one attached hydrogen (secondary N) is 1. The second-order valence-corrected chi connectivity index (χ2v) is 5.64. The summed E-state index contributed by atoms with van der Waals surface area (Å²) in [5, 5.41) is 3.45. The lowest BCUT2D eigenvalue weighted by atomic mass is 9.97. The molecule has 106 valence electrons. The van der Waals surface area contributed by atoms with E-state index in [1.54, 1.807) is 0 Å². The molecule has 1 unspecified atom stereocenters. The van der Waals surface area contributed by atoms with E-state index < -0.39 is 0 Å². The molecule has 1 nitrogen and oxygen atoms in total. The third-order valence-corrected chi connectivity index (χ3v) is 4.03. The second-order valence-electron chi connectivity index (χ2n) is 5.64. The molecular weight excluding hydrogens is 242 g/mol. The summed E-state index contributed by atoms with van der Waals surface area (Å²) in [4.78, 5) is 0. The molecule has 0 aliphatic rings. The number of aryl methyl sites for hydroxylation is 3. The van der Waals surface area contributed by atoms with Crippen LogP contribution in [0.2, 0.25) is 0 Å². The molecule has 1 atom stereocenters. The van der Waals surface area contributed by atoms with Crippen molar-refractivity contribution in [3.8, 4) is 0 Å². The molecule has 0 spiro atoms. The fourth-order valence-electron chi connectivity index (χ4n) is 2.58. The number of rotatable bonds is 6.